The Bertz CT molecular complexity index is 1110. The summed E-state index contributed by atoms with van der Waals surface area (Å²) in [6.45, 7) is 3.10. The van der Waals surface area contributed by atoms with Crippen LogP contribution >= 0.6 is 0 Å². The Hall–Kier alpha value is -3.36. The summed E-state index contributed by atoms with van der Waals surface area (Å²) < 4.78 is 28.1. The van der Waals surface area contributed by atoms with Crippen molar-refractivity contribution in [1.82, 2.24) is 19.7 Å². The first-order chi connectivity index (χ1) is 17.3. The molecule has 3 heterocycles. The fraction of sp³-hybridized carbons (Fsp3) is 0.481. The van der Waals surface area contributed by atoms with Crippen LogP contribution in [0.3, 0.4) is 0 Å². The second-order valence-corrected chi connectivity index (χ2v) is 9.70. The van der Waals surface area contributed by atoms with E-state index in [2.05, 4.69) is 4.98 Å². The summed E-state index contributed by atoms with van der Waals surface area (Å²) in [5.74, 6) is -1.61. The van der Waals surface area contributed by atoms with Crippen molar-refractivity contribution >= 4 is 17.7 Å². The molecule has 0 aliphatic carbocycles. The number of carbonyl (C=O) groups is 3. The van der Waals surface area contributed by atoms with Gasteiger partial charge in [-0.25, -0.2) is 8.78 Å². The molecule has 3 amide bonds. The maximum atomic E-state index is 14.6. The van der Waals surface area contributed by atoms with Crippen molar-refractivity contribution in [2.24, 2.45) is 5.92 Å². The van der Waals surface area contributed by atoms with E-state index in [0.29, 0.717) is 50.0 Å². The Labute approximate surface area is 210 Å². The number of likely N-dealkylation sites (tertiary alicyclic amines) is 2. The zero-order valence-electron chi connectivity index (χ0n) is 20.7. The molecule has 7 nitrogen and oxygen atoms in total. The van der Waals surface area contributed by atoms with E-state index in [4.69, 9.17) is 0 Å². The average Bonchev–Trinajstić information content (AvgIpc) is 3.38. The highest BCUT2D eigenvalue weighted by Crippen LogP contribution is 2.30. The lowest BCUT2D eigenvalue weighted by molar-refractivity contribution is -0.144. The van der Waals surface area contributed by atoms with Crippen LogP contribution in [-0.4, -0.2) is 76.2 Å². The van der Waals surface area contributed by atoms with E-state index in [1.165, 1.54) is 25.3 Å². The molecular weight excluding hydrogens is 466 g/mol. The molecule has 2 atom stereocenters. The third kappa shape index (κ3) is 5.55. The van der Waals surface area contributed by atoms with E-state index in [1.807, 2.05) is 0 Å². The number of hydrogen-bond donors (Lipinski definition) is 0. The minimum absolute atomic E-state index is 0.0108. The molecule has 2 saturated heterocycles. The van der Waals surface area contributed by atoms with Gasteiger partial charge in [-0.2, -0.15) is 0 Å². The van der Waals surface area contributed by atoms with Gasteiger partial charge in [0.15, 0.2) is 0 Å². The molecular formula is C27H32F2N4O3. The molecule has 1 aromatic heterocycles. The van der Waals surface area contributed by atoms with Crippen LogP contribution in [0.15, 0.2) is 42.7 Å². The molecule has 36 heavy (non-hydrogen) atoms. The number of pyridine rings is 1. The SMILES string of the molecule is CC(=O)N1CCC[C@H]1C(=O)N1CCC([C@H](Cc2ccc(F)cc2F)N(C)C(=O)c2cccnc2)CC1. The molecule has 192 valence electrons. The summed E-state index contributed by atoms with van der Waals surface area (Å²) in [7, 11) is 1.70. The zero-order valence-corrected chi connectivity index (χ0v) is 20.7. The fourth-order valence-corrected chi connectivity index (χ4v) is 5.49. The van der Waals surface area contributed by atoms with Gasteiger partial charge in [-0.1, -0.05) is 6.07 Å². The summed E-state index contributed by atoms with van der Waals surface area (Å²) >= 11 is 0. The van der Waals surface area contributed by atoms with E-state index in [-0.39, 0.29) is 36.1 Å². The quantitative estimate of drug-likeness (QED) is 0.613. The Kier molecular flexibility index (Phi) is 7.96. The standard InChI is InChI=1S/C27H32F2N4O3/c1-18(34)33-12-4-6-24(33)27(36)32-13-9-19(10-14-32)25(15-20-7-8-22(28)16-23(20)29)31(2)26(35)21-5-3-11-30-17-21/h3,5,7-8,11,16-17,19,24-25H,4,6,9-10,12-15H2,1-2H3/t24-,25-/m0/s1. The number of rotatable bonds is 6. The summed E-state index contributed by atoms with van der Waals surface area (Å²) in [6, 6.07) is 6.13. The van der Waals surface area contributed by atoms with Crippen LogP contribution in [0.2, 0.25) is 0 Å². The fourth-order valence-electron chi connectivity index (χ4n) is 5.49. The van der Waals surface area contributed by atoms with E-state index in [0.717, 1.165) is 12.5 Å². The second kappa shape index (κ2) is 11.1. The van der Waals surface area contributed by atoms with Gasteiger partial charge in [-0.15, -0.1) is 0 Å². The van der Waals surface area contributed by atoms with Crippen molar-refractivity contribution in [1.29, 1.82) is 0 Å². The Morgan fingerprint density at radius 3 is 2.50 bits per heavy atom. The Morgan fingerprint density at radius 1 is 1.11 bits per heavy atom. The molecule has 0 N–H and O–H groups in total. The number of benzene rings is 1. The van der Waals surface area contributed by atoms with Crippen LogP contribution in [0.1, 0.15) is 48.5 Å². The first kappa shape index (κ1) is 25.7. The number of aromatic nitrogens is 1. The molecule has 0 saturated carbocycles. The lowest BCUT2D eigenvalue weighted by Crippen LogP contribution is -2.52. The topological polar surface area (TPSA) is 73.8 Å². The molecule has 1 aromatic carbocycles. The number of carbonyl (C=O) groups excluding carboxylic acids is 3. The molecule has 0 spiro atoms. The summed E-state index contributed by atoms with van der Waals surface area (Å²) in [6.07, 6.45) is 6.08. The third-order valence-corrected chi connectivity index (χ3v) is 7.51. The van der Waals surface area contributed by atoms with Crippen molar-refractivity contribution in [3.63, 3.8) is 0 Å². The summed E-state index contributed by atoms with van der Waals surface area (Å²) in [5.41, 5.74) is 0.775. The molecule has 2 aromatic rings. The van der Waals surface area contributed by atoms with Gasteiger partial charge in [-0.05, 0) is 61.8 Å². The largest absolute Gasteiger partial charge is 0.341 e. The van der Waals surface area contributed by atoms with Crippen LogP contribution in [0.4, 0.5) is 8.78 Å². The lowest BCUT2D eigenvalue weighted by atomic mass is 9.84. The van der Waals surface area contributed by atoms with Crippen LogP contribution in [0.5, 0.6) is 0 Å². The highest BCUT2D eigenvalue weighted by atomic mass is 19.1. The summed E-state index contributed by atoms with van der Waals surface area (Å²) in [4.78, 5) is 47.4. The maximum absolute atomic E-state index is 14.6. The van der Waals surface area contributed by atoms with E-state index in [1.54, 1.807) is 40.1 Å². The molecule has 4 rings (SSSR count). The zero-order chi connectivity index (χ0) is 25.8. The molecule has 0 unspecified atom stereocenters. The van der Waals surface area contributed by atoms with Gasteiger partial charge in [0.2, 0.25) is 11.8 Å². The van der Waals surface area contributed by atoms with Gasteiger partial charge in [0.25, 0.3) is 5.91 Å². The Balaban J connectivity index is 1.50. The third-order valence-electron chi connectivity index (χ3n) is 7.51. The predicted molar refractivity (Wildman–Crippen MR) is 130 cm³/mol. The van der Waals surface area contributed by atoms with Crippen molar-refractivity contribution in [3.8, 4) is 0 Å². The number of nitrogens with zero attached hydrogens (tertiary/aromatic N) is 4. The highest BCUT2D eigenvalue weighted by Gasteiger charge is 2.38. The van der Waals surface area contributed by atoms with Gasteiger partial charge >= 0.3 is 0 Å². The molecule has 0 bridgehead atoms. The van der Waals surface area contributed by atoms with Gasteiger partial charge in [0.1, 0.15) is 17.7 Å². The summed E-state index contributed by atoms with van der Waals surface area (Å²) in [5, 5.41) is 0. The maximum Gasteiger partial charge on any atom is 0.255 e. The highest BCUT2D eigenvalue weighted by molar-refractivity contribution is 5.94. The minimum atomic E-state index is -0.647. The number of amides is 3. The monoisotopic (exact) mass is 498 g/mol. The first-order valence-electron chi connectivity index (χ1n) is 12.4. The number of hydrogen-bond acceptors (Lipinski definition) is 4. The Morgan fingerprint density at radius 2 is 1.86 bits per heavy atom. The number of likely N-dealkylation sites (N-methyl/N-ethyl adjacent to an activating group) is 1. The van der Waals surface area contributed by atoms with E-state index >= 15 is 0 Å². The van der Waals surface area contributed by atoms with Gasteiger partial charge < -0.3 is 14.7 Å². The lowest BCUT2D eigenvalue weighted by Gasteiger charge is -2.41. The normalized spacial score (nSPS) is 19.3. The number of piperidine rings is 1. The van der Waals surface area contributed by atoms with Crippen molar-refractivity contribution < 1.29 is 23.2 Å². The number of halogens is 2. The van der Waals surface area contributed by atoms with Crippen LogP contribution < -0.4 is 0 Å². The van der Waals surface area contributed by atoms with Crippen LogP contribution in [-0.2, 0) is 16.0 Å². The smallest absolute Gasteiger partial charge is 0.255 e. The molecule has 2 aliphatic heterocycles. The van der Waals surface area contributed by atoms with Crippen molar-refractivity contribution in [3.05, 3.63) is 65.5 Å². The predicted octanol–water partition coefficient (Wildman–Crippen LogP) is 3.29. The molecule has 0 radical (unpaired) electrons. The first-order valence-corrected chi connectivity index (χ1v) is 12.4. The molecule has 2 aliphatic rings. The average molecular weight is 499 g/mol. The van der Waals surface area contributed by atoms with Crippen molar-refractivity contribution in [2.45, 2.75) is 51.1 Å². The van der Waals surface area contributed by atoms with Gasteiger partial charge in [-0.3, -0.25) is 19.4 Å². The molecule has 9 heteroatoms. The molecule has 2 fully saturated rings. The van der Waals surface area contributed by atoms with Gasteiger partial charge in [0, 0.05) is 58.1 Å². The van der Waals surface area contributed by atoms with E-state index in [9.17, 15) is 23.2 Å². The van der Waals surface area contributed by atoms with E-state index < -0.39 is 17.7 Å². The minimum Gasteiger partial charge on any atom is -0.341 e. The second-order valence-electron chi connectivity index (χ2n) is 9.70. The van der Waals surface area contributed by atoms with Crippen LogP contribution in [0.25, 0.3) is 0 Å². The van der Waals surface area contributed by atoms with Crippen molar-refractivity contribution in [2.75, 3.05) is 26.7 Å². The van der Waals surface area contributed by atoms with Gasteiger partial charge in [0.05, 0.1) is 5.56 Å². The van der Waals surface area contributed by atoms with Crippen LogP contribution in [0, 0.1) is 17.6 Å².